The number of fused-ring (bicyclic) bond motifs is 1. The molecule has 2 heterocycles. The van der Waals surface area contributed by atoms with Crippen LogP contribution in [0.3, 0.4) is 0 Å². The van der Waals surface area contributed by atoms with Crippen LogP contribution in [0, 0.1) is 5.92 Å². The molecule has 2 aliphatic heterocycles. The number of rotatable bonds is 3. The van der Waals surface area contributed by atoms with Gasteiger partial charge >= 0.3 is 0 Å². The summed E-state index contributed by atoms with van der Waals surface area (Å²) in [4.78, 5) is 23.8. The molecule has 1 atom stereocenters. The molecule has 0 saturated carbocycles. The van der Waals surface area contributed by atoms with Crippen molar-refractivity contribution < 1.29 is 14.3 Å². The monoisotopic (exact) mass is 260 g/mol. The van der Waals surface area contributed by atoms with E-state index < -0.39 is 6.04 Å². The predicted octanol–water partition coefficient (Wildman–Crippen LogP) is 0.510. The molecule has 0 bridgehead atoms. The smallest absolute Gasteiger partial charge is 0.248 e. The largest absolute Gasteiger partial charge is 0.381 e. The molecule has 2 amide bonds. The zero-order valence-electron chi connectivity index (χ0n) is 10.5. The zero-order valence-corrected chi connectivity index (χ0v) is 10.5. The number of benzene rings is 1. The molecule has 19 heavy (non-hydrogen) atoms. The molecule has 0 radical (unpaired) electrons. The number of carbonyl (C=O) groups excluding carboxylic acids is 2. The highest BCUT2D eigenvalue weighted by molar-refractivity contribution is 5.98. The average Bonchev–Trinajstić information content (AvgIpc) is 2.77. The van der Waals surface area contributed by atoms with Crippen LogP contribution in [0.5, 0.6) is 0 Å². The van der Waals surface area contributed by atoms with Gasteiger partial charge in [0.1, 0.15) is 6.04 Å². The fourth-order valence-electron chi connectivity index (χ4n) is 2.46. The van der Waals surface area contributed by atoms with Gasteiger partial charge in [-0.2, -0.15) is 0 Å². The van der Waals surface area contributed by atoms with E-state index in [0.717, 1.165) is 11.1 Å². The Morgan fingerprint density at radius 1 is 1.32 bits per heavy atom. The van der Waals surface area contributed by atoms with Gasteiger partial charge in [0.2, 0.25) is 11.8 Å². The lowest BCUT2D eigenvalue weighted by Gasteiger charge is -2.25. The Kier molecular flexibility index (Phi) is 3.31. The summed E-state index contributed by atoms with van der Waals surface area (Å²) in [5.74, 6) is -0.226. The fourth-order valence-corrected chi connectivity index (χ4v) is 2.46. The first-order chi connectivity index (χ1) is 9.24. The minimum Gasteiger partial charge on any atom is -0.381 e. The summed E-state index contributed by atoms with van der Waals surface area (Å²) in [5, 5.41) is 5.59. The second-order valence-corrected chi connectivity index (χ2v) is 5.03. The summed E-state index contributed by atoms with van der Waals surface area (Å²) in [7, 11) is 0. The van der Waals surface area contributed by atoms with Gasteiger partial charge < -0.3 is 4.74 Å². The van der Waals surface area contributed by atoms with E-state index in [2.05, 4.69) is 10.6 Å². The van der Waals surface area contributed by atoms with E-state index in [4.69, 9.17) is 4.74 Å². The number of imide groups is 1. The fraction of sp³-hybridized carbons (Fsp3) is 0.429. The number of nitrogens with one attached hydrogen (secondary N) is 2. The van der Waals surface area contributed by atoms with E-state index in [-0.39, 0.29) is 17.7 Å². The summed E-state index contributed by atoms with van der Waals surface area (Å²) in [6, 6.07) is 7.34. The van der Waals surface area contributed by atoms with E-state index in [0.29, 0.717) is 26.2 Å². The van der Waals surface area contributed by atoms with Crippen molar-refractivity contribution in [2.75, 3.05) is 13.2 Å². The maximum Gasteiger partial charge on any atom is 0.248 e. The summed E-state index contributed by atoms with van der Waals surface area (Å²) < 4.78 is 5.01. The van der Waals surface area contributed by atoms with Crippen molar-refractivity contribution >= 4 is 11.8 Å². The normalized spacial score (nSPS) is 21.6. The second-order valence-electron chi connectivity index (χ2n) is 5.03. The van der Waals surface area contributed by atoms with Crippen molar-refractivity contribution in [2.24, 2.45) is 5.92 Å². The number of ether oxygens (including phenoxy) is 1. The average molecular weight is 260 g/mol. The first-order valence-corrected chi connectivity index (χ1v) is 6.46. The molecule has 1 aromatic carbocycles. The van der Waals surface area contributed by atoms with E-state index >= 15 is 0 Å². The van der Waals surface area contributed by atoms with Gasteiger partial charge in [0.15, 0.2) is 0 Å². The SMILES string of the molecule is O=C(CC1COC1)NC(=O)C1NCc2ccccc21. The van der Waals surface area contributed by atoms with Gasteiger partial charge in [0.25, 0.3) is 0 Å². The molecule has 0 aliphatic carbocycles. The van der Waals surface area contributed by atoms with Crippen molar-refractivity contribution in [3.8, 4) is 0 Å². The number of carbonyl (C=O) groups is 2. The highest BCUT2D eigenvalue weighted by Crippen LogP contribution is 2.25. The van der Waals surface area contributed by atoms with Gasteiger partial charge in [-0.3, -0.25) is 20.2 Å². The molecule has 3 rings (SSSR count). The summed E-state index contributed by atoms with van der Waals surface area (Å²) in [6.07, 6.45) is 0.361. The lowest BCUT2D eigenvalue weighted by molar-refractivity contribution is -0.134. The Morgan fingerprint density at radius 3 is 2.84 bits per heavy atom. The Hall–Kier alpha value is -1.72. The molecule has 0 spiro atoms. The van der Waals surface area contributed by atoms with E-state index in [1.54, 1.807) is 0 Å². The van der Waals surface area contributed by atoms with Crippen molar-refractivity contribution in [2.45, 2.75) is 19.0 Å². The maximum atomic E-state index is 12.1. The number of amides is 2. The Balaban J connectivity index is 1.60. The summed E-state index contributed by atoms with van der Waals surface area (Å²) in [5.41, 5.74) is 2.07. The lowest BCUT2D eigenvalue weighted by Crippen LogP contribution is -2.41. The van der Waals surface area contributed by atoms with E-state index in [1.165, 1.54) is 0 Å². The standard InChI is InChI=1S/C14H16N2O3/c17-12(5-9-7-19-8-9)16-14(18)13-11-4-2-1-3-10(11)6-15-13/h1-4,9,13,15H,5-8H2,(H,16,17,18). The van der Waals surface area contributed by atoms with Crippen molar-refractivity contribution in [1.29, 1.82) is 0 Å². The highest BCUT2D eigenvalue weighted by Gasteiger charge is 2.29. The molecule has 1 saturated heterocycles. The van der Waals surface area contributed by atoms with Crippen molar-refractivity contribution in [3.63, 3.8) is 0 Å². The van der Waals surface area contributed by atoms with Crippen LogP contribution in [0.1, 0.15) is 23.6 Å². The zero-order chi connectivity index (χ0) is 13.2. The third kappa shape index (κ3) is 2.52. The predicted molar refractivity (Wildman–Crippen MR) is 68.1 cm³/mol. The molecule has 1 fully saturated rings. The molecule has 100 valence electrons. The minimum atomic E-state index is -0.419. The van der Waals surface area contributed by atoms with Gasteiger partial charge in [-0.1, -0.05) is 24.3 Å². The molecule has 5 nitrogen and oxygen atoms in total. The van der Waals surface area contributed by atoms with Crippen molar-refractivity contribution in [3.05, 3.63) is 35.4 Å². The van der Waals surface area contributed by atoms with Crippen LogP contribution >= 0.6 is 0 Å². The van der Waals surface area contributed by atoms with Gasteiger partial charge in [-0.05, 0) is 11.1 Å². The minimum absolute atomic E-state index is 0.218. The first-order valence-electron chi connectivity index (χ1n) is 6.46. The van der Waals surface area contributed by atoms with Crippen molar-refractivity contribution in [1.82, 2.24) is 10.6 Å². The molecule has 1 aromatic rings. The van der Waals surface area contributed by atoms with Gasteiger partial charge in [-0.25, -0.2) is 0 Å². The highest BCUT2D eigenvalue weighted by atomic mass is 16.5. The summed E-state index contributed by atoms with van der Waals surface area (Å²) >= 11 is 0. The van der Waals surface area contributed by atoms with Crippen LogP contribution in [0.4, 0.5) is 0 Å². The Morgan fingerprint density at radius 2 is 2.11 bits per heavy atom. The molecule has 2 N–H and O–H groups in total. The molecule has 2 aliphatic rings. The molecular weight excluding hydrogens is 244 g/mol. The molecular formula is C14H16N2O3. The third-order valence-corrected chi connectivity index (χ3v) is 3.57. The van der Waals surface area contributed by atoms with Crippen LogP contribution in [0.2, 0.25) is 0 Å². The third-order valence-electron chi connectivity index (χ3n) is 3.57. The topological polar surface area (TPSA) is 67.4 Å². The van der Waals surface area contributed by atoms with Gasteiger partial charge in [0.05, 0.1) is 13.2 Å². The molecule has 1 unspecified atom stereocenters. The van der Waals surface area contributed by atoms with Crippen LogP contribution < -0.4 is 10.6 Å². The number of hydrogen-bond acceptors (Lipinski definition) is 4. The first kappa shape index (κ1) is 12.3. The second kappa shape index (κ2) is 5.11. The summed E-state index contributed by atoms with van der Waals surface area (Å²) in [6.45, 7) is 1.90. The van der Waals surface area contributed by atoms with Crippen LogP contribution in [-0.2, 0) is 20.9 Å². The number of hydrogen-bond donors (Lipinski definition) is 2. The Bertz CT molecular complexity index is 511. The Labute approximate surface area is 111 Å². The van der Waals surface area contributed by atoms with Crippen LogP contribution in [-0.4, -0.2) is 25.0 Å². The quantitative estimate of drug-likeness (QED) is 0.831. The van der Waals surface area contributed by atoms with Gasteiger partial charge in [-0.15, -0.1) is 0 Å². The maximum absolute atomic E-state index is 12.1. The van der Waals surface area contributed by atoms with E-state index in [9.17, 15) is 9.59 Å². The van der Waals surface area contributed by atoms with E-state index in [1.807, 2.05) is 24.3 Å². The van der Waals surface area contributed by atoms with Gasteiger partial charge in [0, 0.05) is 18.9 Å². The lowest BCUT2D eigenvalue weighted by atomic mass is 10.0. The molecule has 5 heteroatoms. The molecule has 0 aromatic heterocycles. The van der Waals surface area contributed by atoms with Crippen LogP contribution in [0.25, 0.3) is 0 Å². The van der Waals surface area contributed by atoms with Crippen LogP contribution in [0.15, 0.2) is 24.3 Å².